The van der Waals surface area contributed by atoms with E-state index in [2.05, 4.69) is 15.8 Å². The third kappa shape index (κ3) is 6.04. The van der Waals surface area contributed by atoms with Gasteiger partial charge in [0.25, 0.3) is 5.91 Å². The molecule has 146 valence electrons. The maximum absolute atomic E-state index is 12.0. The number of rotatable bonds is 7. The number of aryl methyl sites for hydroxylation is 1. The zero-order valence-corrected chi connectivity index (χ0v) is 16.0. The van der Waals surface area contributed by atoms with E-state index in [1.165, 1.54) is 6.21 Å². The third-order valence-corrected chi connectivity index (χ3v) is 4.09. The molecule has 3 rings (SSSR count). The number of hydrogen-bond donors (Lipinski definition) is 2. The van der Waals surface area contributed by atoms with Crippen LogP contribution in [0.2, 0.25) is 0 Å². The van der Waals surface area contributed by atoms with Crippen LogP contribution in [0, 0.1) is 6.92 Å². The summed E-state index contributed by atoms with van der Waals surface area (Å²) >= 11 is 0. The zero-order valence-electron chi connectivity index (χ0n) is 16.0. The van der Waals surface area contributed by atoms with E-state index in [-0.39, 0.29) is 12.5 Å². The largest absolute Gasteiger partial charge is 0.423 e. The van der Waals surface area contributed by atoms with Crippen molar-refractivity contribution in [1.29, 1.82) is 0 Å². The van der Waals surface area contributed by atoms with E-state index in [9.17, 15) is 9.59 Å². The highest BCUT2D eigenvalue weighted by molar-refractivity contribution is 5.91. The van der Waals surface area contributed by atoms with Crippen molar-refractivity contribution in [1.82, 2.24) is 5.43 Å². The summed E-state index contributed by atoms with van der Waals surface area (Å²) in [6.07, 6.45) is 1.52. The molecule has 29 heavy (non-hydrogen) atoms. The van der Waals surface area contributed by atoms with Crippen molar-refractivity contribution in [2.24, 2.45) is 5.10 Å². The normalized spacial score (nSPS) is 10.5. The van der Waals surface area contributed by atoms with Crippen molar-refractivity contribution in [3.8, 4) is 5.75 Å². The molecule has 0 bridgehead atoms. The molecule has 0 spiro atoms. The number of carbonyl (C=O) groups excluding carboxylic acids is 2. The summed E-state index contributed by atoms with van der Waals surface area (Å²) < 4.78 is 5.32. The first-order valence-electron chi connectivity index (χ1n) is 9.10. The minimum absolute atomic E-state index is 0.122. The summed E-state index contributed by atoms with van der Waals surface area (Å²) in [5.74, 6) is -0.235. The smallest absolute Gasteiger partial charge is 0.343 e. The lowest BCUT2D eigenvalue weighted by molar-refractivity contribution is -0.119. The highest BCUT2D eigenvalue weighted by atomic mass is 16.5. The molecule has 0 aliphatic rings. The second kappa shape index (κ2) is 9.85. The Balaban J connectivity index is 1.46. The van der Waals surface area contributed by atoms with Gasteiger partial charge in [-0.05, 0) is 60.5 Å². The minimum Gasteiger partial charge on any atom is -0.423 e. The number of hydrazone groups is 1. The summed E-state index contributed by atoms with van der Waals surface area (Å²) in [6.45, 7) is 2.09. The van der Waals surface area contributed by atoms with Crippen LogP contribution in [-0.4, -0.2) is 24.6 Å². The molecule has 0 heterocycles. The summed E-state index contributed by atoms with van der Waals surface area (Å²) in [4.78, 5) is 23.9. The molecule has 0 atom stereocenters. The molecule has 3 aromatic rings. The van der Waals surface area contributed by atoms with E-state index in [0.717, 1.165) is 16.8 Å². The second-order valence-electron chi connectivity index (χ2n) is 6.29. The first kappa shape index (κ1) is 19.8. The Hall–Kier alpha value is -3.93. The molecule has 0 unspecified atom stereocenters. The van der Waals surface area contributed by atoms with Gasteiger partial charge in [0, 0.05) is 5.69 Å². The van der Waals surface area contributed by atoms with Crippen molar-refractivity contribution < 1.29 is 14.3 Å². The molecule has 6 nitrogen and oxygen atoms in total. The van der Waals surface area contributed by atoms with E-state index < -0.39 is 5.97 Å². The van der Waals surface area contributed by atoms with Crippen molar-refractivity contribution >= 4 is 23.8 Å². The molecule has 1 amide bonds. The number of carbonyl (C=O) groups is 2. The summed E-state index contributed by atoms with van der Waals surface area (Å²) in [7, 11) is 0. The standard InChI is InChI=1S/C23H21N3O3/c1-17-7-5-6-10-21(17)24-16-22(27)26-25-15-18-11-13-20(14-12-18)29-23(28)19-8-3-2-4-9-19/h2-15,24H,16H2,1H3,(H,26,27)/b25-15+. The Morgan fingerprint density at radius 1 is 0.931 bits per heavy atom. The van der Waals surface area contributed by atoms with Gasteiger partial charge in [-0.2, -0.15) is 5.10 Å². The topological polar surface area (TPSA) is 79.8 Å². The van der Waals surface area contributed by atoms with Crippen LogP contribution in [0.3, 0.4) is 0 Å². The molecule has 0 aliphatic carbocycles. The van der Waals surface area contributed by atoms with Gasteiger partial charge in [0.2, 0.25) is 0 Å². The van der Waals surface area contributed by atoms with E-state index in [4.69, 9.17) is 4.74 Å². The van der Waals surface area contributed by atoms with Gasteiger partial charge in [0.05, 0.1) is 18.3 Å². The van der Waals surface area contributed by atoms with Crippen molar-refractivity contribution in [3.05, 3.63) is 95.6 Å². The average Bonchev–Trinajstić information content (AvgIpc) is 2.75. The van der Waals surface area contributed by atoms with Crippen LogP contribution >= 0.6 is 0 Å². The van der Waals surface area contributed by atoms with Gasteiger partial charge >= 0.3 is 5.97 Å². The van der Waals surface area contributed by atoms with Gasteiger partial charge in [-0.15, -0.1) is 0 Å². The molecular weight excluding hydrogens is 366 g/mol. The molecule has 0 saturated carbocycles. The molecule has 3 aromatic carbocycles. The average molecular weight is 387 g/mol. The quantitative estimate of drug-likeness (QED) is 0.280. The fraction of sp³-hybridized carbons (Fsp3) is 0.0870. The Morgan fingerprint density at radius 2 is 1.62 bits per heavy atom. The maximum Gasteiger partial charge on any atom is 0.343 e. The molecular formula is C23H21N3O3. The number of benzene rings is 3. The summed E-state index contributed by atoms with van der Waals surface area (Å²) in [5, 5.41) is 7.01. The van der Waals surface area contributed by atoms with Crippen LogP contribution in [0.15, 0.2) is 84.0 Å². The number of hydrogen-bond acceptors (Lipinski definition) is 5. The Bertz CT molecular complexity index is 999. The van der Waals surface area contributed by atoms with Crippen LogP contribution in [0.1, 0.15) is 21.5 Å². The molecule has 0 aliphatic heterocycles. The van der Waals surface area contributed by atoms with Crippen molar-refractivity contribution in [2.45, 2.75) is 6.92 Å². The van der Waals surface area contributed by atoms with Crippen LogP contribution in [0.25, 0.3) is 0 Å². The Kier molecular flexibility index (Phi) is 6.73. The first-order chi connectivity index (χ1) is 14.1. The number of ether oxygens (including phenoxy) is 1. The summed E-state index contributed by atoms with van der Waals surface area (Å²) in [6, 6.07) is 23.4. The monoisotopic (exact) mass is 387 g/mol. The van der Waals surface area contributed by atoms with E-state index in [1.807, 2.05) is 37.3 Å². The lowest BCUT2D eigenvalue weighted by atomic mass is 10.2. The number of nitrogens with one attached hydrogen (secondary N) is 2. The number of anilines is 1. The lowest BCUT2D eigenvalue weighted by Gasteiger charge is -2.07. The van der Waals surface area contributed by atoms with Gasteiger partial charge in [0.1, 0.15) is 5.75 Å². The molecule has 0 fully saturated rings. The molecule has 0 aromatic heterocycles. The highest BCUT2D eigenvalue weighted by Gasteiger charge is 2.07. The Morgan fingerprint density at radius 3 is 2.34 bits per heavy atom. The number of amides is 1. The fourth-order valence-electron chi connectivity index (χ4n) is 2.53. The number of nitrogens with zero attached hydrogens (tertiary/aromatic N) is 1. The molecule has 0 saturated heterocycles. The van der Waals surface area contributed by atoms with Crippen LogP contribution < -0.4 is 15.5 Å². The maximum atomic E-state index is 12.0. The molecule has 6 heteroatoms. The fourth-order valence-corrected chi connectivity index (χ4v) is 2.53. The van der Waals surface area contributed by atoms with Gasteiger partial charge in [-0.1, -0.05) is 36.4 Å². The van der Waals surface area contributed by atoms with Gasteiger partial charge in [-0.25, -0.2) is 10.2 Å². The number of esters is 1. The predicted molar refractivity (Wildman–Crippen MR) is 113 cm³/mol. The van der Waals surface area contributed by atoms with Gasteiger partial charge < -0.3 is 10.1 Å². The lowest BCUT2D eigenvalue weighted by Crippen LogP contribution is -2.26. The Labute approximate surface area is 169 Å². The van der Waals surface area contributed by atoms with Gasteiger partial charge in [0.15, 0.2) is 0 Å². The first-order valence-corrected chi connectivity index (χ1v) is 9.10. The van der Waals surface area contributed by atoms with E-state index in [0.29, 0.717) is 11.3 Å². The van der Waals surface area contributed by atoms with Crippen LogP contribution in [-0.2, 0) is 4.79 Å². The highest BCUT2D eigenvalue weighted by Crippen LogP contribution is 2.14. The predicted octanol–water partition coefficient (Wildman–Crippen LogP) is 3.78. The van der Waals surface area contributed by atoms with Crippen LogP contribution in [0.5, 0.6) is 5.75 Å². The third-order valence-electron chi connectivity index (χ3n) is 4.09. The van der Waals surface area contributed by atoms with E-state index >= 15 is 0 Å². The summed E-state index contributed by atoms with van der Waals surface area (Å²) in [5.41, 5.74) is 5.69. The molecule has 0 radical (unpaired) electrons. The SMILES string of the molecule is Cc1ccccc1NCC(=O)N/N=C/c1ccc(OC(=O)c2ccccc2)cc1. The number of para-hydroxylation sites is 1. The second-order valence-corrected chi connectivity index (χ2v) is 6.29. The van der Waals surface area contributed by atoms with Crippen molar-refractivity contribution in [3.63, 3.8) is 0 Å². The van der Waals surface area contributed by atoms with E-state index in [1.54, 1.807) is 48.5 Å². The van der Waals surface area contributed by atoms with Crippen molar-refractivity contribution in [2.75, 3.05) is 11.9 Å². The zero-order chi connectivity index (χ0) is 20.5. The minimum atomic E-state index is -0.416. The van der Waals surface area contributed by atoms with Gasteiger partial charge in [-0.3, -0.25) is 4.79 Å². The van der Waals surface area contributed by atoms with Crippen LogP contribution in [0.4, 0.5) is 5.69 Å². The molecule has 2 N–H and O–H groups in total.